The second-order valence-corrected chi connectivity index (χ2v) is 3.40. The molecule has 0 spiro atoms. The molecular weight excluding hydrogens is 222 g/mol. The van der Waals surface area contributed by atoms with Crippen LogP contribution in [0.3, 0.4) is 0 Å². The lowest BCUT2D eigenvalue weighted by Crippen LogP contribution is -2.16. The van der Waals surface area contributed by atoms with Crippen molar-refractivity contribution in [3.63, 3.8) is 0 Å². The van der Waals surface area contributed by atoms with Gasteiger partial charge in [-0.3, -0.25) is 4.68 Å². The number of nitrogens with zero attached hydrogens (tertiary/aromatic N) is 2. The Balaban J connectivity index is 2.70. The number of hydrogen-bond acceptors (Lipinski definition) is 3. The van der Waals surface area contributed by atoms with E-state index < -0.39 is 10.7 Å². The molecule has 0 fully saturated rings. The summed E-state index contributed by atoms with van der Waals surface area (Å²) in [6, 6.07) is 0. The lowest BCUT2D eigenvalue weighted by atomic mass is 10.4. The quantitative estimate of drug-likeness (QED) is 0.569. The van der Waals surface area contributed by atoms with Gasteiger partial charge in [-0.25, -0.2) is 4.79 Å². The number of alkyl halides is 3. The van der Waals surface area contributed by atoms with E-state index in [1.165, 1.54) is 17.1 Å². The molecule has 7 heteroatoms. The van der Waals surface area contributed by atoms with Crippen LogP contribution >= 0.6 is 23.2 Å². The second-order valence-electron chi connectivity index (χ2n) is 2.24. The van der Waals surface area contributed by atoms with Crippen LogP contribution in [0.1, 0.15) is 10.4 Å². The molecule has 1 aromatic rings. The molecule has 1 rings (SSSR count). The van der Waals surface area contributed by atoms with Gasteiger partial charge >= 0.3 is 10.7 Å². The van der Waals surface area contributed by atoms with Gasteiger partial charge in [0.05, 0.1) is 11.8 Å². The summed E-state index contributed by atoms with van der Waals surface area (Å²) in [5, 5.41) is 3.67. The fourth-order valence-electron chi connectivity index (χ4n) is 0.691. The van der Waals surface area contributed by atoms with Gasteiger partial charge in [0.1, 0.15) is 0 Å². The molecule has 13 heavy (non-hydrogen) atoms. The highest BCUT2D eigenvalue weighted by atomic mass is 35.5. The smallest absolute Gasteiger partial charge is 0.398 e. The Bertz CT molecular complexity index is 321. The second kappa shape index (κ2) is 3.51. The molecule has 0 N–H and O–H groups in total. The van der Waals surface area contributed by atoms with Gasteiger partial charge in [-0.1, -0.05) is 0 Å². The first-order chi connectivity index (χ1) is 5.88. The number of hydrogen-bond donors (Lipinski definition) is 0. The van der Waals surface area contributed by atoms with E-state index in [4.69, 9.17) is 23.2 Å². The number of aromatic nitrogens is 2. The highest BCUT2D eigenvalue weighted by Gasteiger charge is 2.28. The Labute approximate surface area is 83.2 Å². The van der Waals surface area contributed by atoms with Crippen LogP contribution in [0.25, 0.3) is 0 Å². The van der Waals surface area contributed by atoms with Crippen LogP contribution in [0.2, 0.25) is 0 Å². The van der Waals surface area contributed by atoms with E-state index in [-0.39, 0.29) is 5.56 Å². The maximum atomic E-state index is 12.4. The molecule has 0 unspecified atom stereocenters. The average Bonchev–Trinajstić information content (AvgIpc) is 2.31. The molecule has 0 amide bonds. The molecule has 72 valence electrons. The normalized spacial score (nSPS) is 11.4. The lowest BCUT2D eigenvalue weighted by molar-refractivity contribution is 0.00142. The first-order valence-corrected chi connectivity index (χ1v) is 3.93. The largest absolute Gasteiger partial charge is 0.412 e. The molecule has 4 nitrogen and oxygen atoms in total. The van der Waals surface area contributed by atoms with Gasteiger partial charge < -0.3 is 4.74 Å². The predicted octanol–water partition coefficient (Wildman–Crippen LogP) is 1.64. The lowest BCUT2D eigenvalue weighted by Gasteiger charge is -2.08. The third-order valence-electron chi connectivity index (χ3n) is 1.15. The van der Waals surface area contributed by atoms with Crippen LogP contribution in [0.4, 0.5) is 4.39 Å². The molecule has 0 radical (unpaired) electrons. The maximum absolute atomic E-state index is 12.4. The highest BCUT2D eigenvalue weighted by Crippen LogP contribution is 2.25. The number of rotatable bonds is 2. The summed E-state index contributed by atoms with van der Waals surface area (Å²) < 4.78 is 14.8. The number of esters is 1. The minimum Gasteiger partial charge on any atom is -0.398 e. The average molecular weight is 227 g/mol. The molecule has 0 aliphatic heterocycles. The molecule has 0 atom stereocenters. The zero-order valence-electron chi connectivity index (χ0n) is 6.50. The zero-order chi connectivity index (χ0) is 10.1. The molecule has 0 aliphatic carbocycles. The third-order valence-corrected chi connectivity index (χ3v) is 1.30. The Morgan fingerprint density at radius 2 is 2.38 bits per heavy atom. The first kappa shape index (κ1) is 10.3. The summed E-state index contributed by atoms with van der Waals surface area (Å²) in [7, 11) is 1.60. The third kappa shape index (κ3) is 3.20. The van der Waals surface area contributed by atoms with E-state index in [1.807, 2.05) is 0 Å². The van der Waals surface area contributed by atoms with Gasteiger partial charge in [-0.05, 0) is 23.2 Å². The first-order valence-electron chi connectivity index (χ1n) is 3.17. The monoisotopic (exact) mass is 226 g/mol. The topological polar surface area (TPSA) is 44.1 Å². The fraction of sp³-hybridized carbons (Fsp3) is 0.333. The van der Waals surface area contributed by atoms with Crippen molar-refractivity contribution >= 4 is 29.2 Å². The number of aryl methyl sites for hydroxylation is 1. The summed E-state index contributed by atoms with van der Waals surface area (Å²) >= 11 is 9.63. The van der Waals surface area contributed by atoms with E-state index in [9.17, 15) is 9.18 Å². The minimum absolute atomic E-state index is 0.0748. The van der Waals surface area contributed by atoms with Gasteiger partial charge in [-0.2, -0.15) is 9.49 Å². The Morgan fingerprint density at radius 1 is 1.77 bits per heavy atom. The van der Waals surface area contributed by atoms with Gasteiger partial charge in [0.2, 0.25) is 0 Å². The van der Waals surface area contributed by atoms with Crippen LogP contribution in [0.5, 0.6) is 0 Å². The minimum atomic E-state index is -3.01. The van der Waals surface area contributed by atoms with Crippen molar-refractivity contribution in [1.29, 1.82) is 0 Å². The van der Waals surface area contributed by atoms with Crippen LogP contribution in [-0.4, -0.2) is 20.5 Å². The van der Waals surface area contributed by atoms with Crippen LogP contribution in [0.15, 0.2) is 12.4 Å². The van der Waals surface area contributed by atoms with E-state index >= 15 is 0 Å². The van der Waals surface area contributed by atoms with E-state index in [0.29, 0.717) is 0 Å². The van der Waals surface area contributed by atoms with Crippen molar-refractivity contribution < 1.29 is 13.9 Å². The zero-order valence-corrected chi connectivity index (χ0v) is 8.01. The Hall–Kier alpha value is -0.810. The highest BCUT2D eigenvalue weighted by molar-refractivity contribution is 6.46. The molecule has 1 heterocycles. The van der Waals surface area contributed by atoms with Gasteiger partial charge in [0, 0.05) is 13.2 Å². The summed E-state index contributed by atoms with van der Waals surface area (Å²) in [6.07, 6.45) is 2.56. The van der Waals surface area contributed by atoms with Crippen LogP contribution in [-0.2, 0) is 11.8 Å². The summed E-state index contributed by atoms with van der Waals surface area (Å²) in [4.78, 5) is 11.0. The predicted molar refractivity (Wildman–Crippen MR) is 44.2 cm³/mol. The van der Waals surface area contributed by atoms with Crippen molar-refractivity contribution in [2.24, 2.45) is 7.05 Å². The van der Waals surface area contributed by atoms with Crippen molar-refractivity contribution in [1.82, 2.24) is 9.78 Å². The Kier molecular flexibility index (Phi) is 2.77. The molecule has 0 saturated carbocycles. The number of ether oxygens (including phenoxy) is 1. The van der Waals surface area contributed by atoms with E-state index in [0.717, 1.165) is 0 Å². The SMILES string of the molecule is Cn1cc(C(=O)OC(F)(Cl)Cl)cn1. The molecule has 1 aromatic heterocycles. The fourth-order valence-corrected chi connectivity index (χ4v) is 0.831. The van der Waals surface area contributed by atoms with Gasteiger partial charge in [-0.15, -0.1) is 0 Å². The molecular formula is C6H5Cl2FN2O2. The van der Waals surface area contributed by atoms with Crippen molar-refractivity contribution in [3.05, 3.63) is 18.0 Å². The summed E-state index contributed by atoms with van der Waals surface area (Å²) in [5.74, 6) is -0.972. The summed E-state index contributed by atoms with van der Waals surface area (Å²) in [5.41, 5.74) is 0.0748. The van der Waals surface area contributed by atoms with Crippen LogP contribution in [0, 0.1) is 0 Å². The number of carbonyl (C=O) groups is 1. The maximum Gasteiger partial charge on any atom is 0.412 e. The molecule has 0 aromatic carbocycles. The van der Waals surface area contributed by atoms with Crippen LogP contribution < -0.4 is 0 Å². The molecule has 0 aliphatic rings. The van der Waals surface area contributed by atoms with Gasteiger partial charge in [0.15, 0.2) is 0 Å². The Morgan fingerprint density at radius 3 is 2.77 bits per heavy atom. The molecule has 0 bridgehead atoms. The van der Waals surface area contributed by atoms with E-state index in [2.05, 4.69) is 9.84 Å². The van der Waals surface area contributed by atoms with Crippen molar-refractivity contribution in [2.75, 3.05) is 0 Å². The van der Waals surface area contributed by atoms with Crippen molar-refractivity contribution in [2.45, 2.75) is 4.77 Å². The van der Waals surface area contributed by atoms with Crippen molar-refractivity contribution in [3.8, 4) is 0 Å². The number of carbonyl (C=O) groups excluding carboxylic acids is 1. The molecule has 0 saturated heterocycles. The van der Waals surface area contributed by atoms with Gasteiger partial charge in [0.25, 0.3) is 0 Å². The van der Waals surface area contributed by atoms with E-state index in [1.54, 1.807) is 7.05 Å². The number of halogens is 3. The standard InChI is InChI=1S/C6H5Cl2FN2O2/c1-11-3-4(2-10-11)5(12)13-6(7,8)9/h2-3H,1H3. The summed E-state index contributed by atoms with van der Waals surface area (Å²) in [6.45, 7) is 0.